The summed E-state index contributed by atoms with van der Waals surface area (Å²) in [6.45, 7) is 4.16. The maximum Gasteiger partial charge on any atom is 0.414 e. The number of benzene rings is 2. The highest BCUT2D eigenvalue weighted by Crippen LogP contribution is 2.43. The molecule has 1 aromatic heterocycles. The number of amides is 1. The zero-order valence-corrected chi connectivity index (χ0v) is 14.1. The molecule has 0 aliphatic carbocycles. The molecule has 2 heterocycles. The number of hydrogen-bond acceptors (Lipinski definition) is 2. The minimum absolute atomic E-state index is 0.0511. The molecule has 3 aromatic rings. The van der Waals surface area contributed by atoms with Crippen molar-refractivity contribution in [3.05, 3.63) is 64.8 Å². The van der Waals surface area contributed by atoms with Crippen LogP contribution >= 0.6 is 0 Å². The van der Waals surface area contributed by atoms with Crippen LogP contribution in [0, 0.1) is 13.8 Å². The number of fused-ring (bicyclic) bond motifs is 2. The lowest BCUT2D eigenvalue weighted by Crippen LogP contribution is -2.31. The Hall–Kier alpha value is -2.75. The van der Waals surface area contributed by atoms with Crippen molar-refractivity contribution in [1.29, 1.82) is 0 Å². The monoisotopic (exact) mass is 320 g/mol. The second-order valence-corrected chi connectivity index (χ2v) is 6.49. The molecule has 1 aliphatic heterocycles. The third-order valence-electron chi connectivity index (χ3n) is 4.82. The van der Waals surface area contributed by atoms with Crippen LogP contribution in [-0.4, -0.2) is 18.2 Å². The molecule has 1 N–H and O–H groups in total. The van der Waals surface area contributed by atoms with Crippen LogP contribution in [0.15, 0.2) is 42.6 Å². The van der Waals surface area contributed by atoms with E-state index in [4.69, 9.17) is 4.74 Å². The fourth-order valence-corrected chi connectivity index (χ4v) is 3.69. The van der Waals surface area contributed by atoms with Gasteiger partial charge >= 0.3 is 6.09 Å². The minimum Gasteiger partial charge on any atom is -0.452 e. The first kappa shape index (κ1) is 14.8. The SMILES string of the molecule is COC(=O)N1c2ccc(C)cc2C[C@H]1c1c[nH]c2ccc(C)cc12. The molecule has 0 saturated carbocycles. The summed E-state index contributed by atoms with van der Waals surface area (Å²) in [4.78, 5) is 17.6. The molecule has 4 rings (SSSR count). The second kappa shape index (κ2) is 5.41. The van der Waals surface area contributed by atoms with Gasteiger partial charge in [-0.05, 0) is 44.0 Å². The number of nitrogens with one attached hydrogen (secondary N) is 1. The van der Waals surface area contributed by atoms with Crippen molar-refractivity contribution in [2.75, 3.05) is 12.0 Å². The van der Waals surface area contributed by atoms with E-state index in [1.165, 1.54) is 29.2 Å². The van der Waals surface area contributed by atoms with Gasteiger partial charge < -0.3 is 9.72 Å². The van der Waals surface area contributed by atoms with E-state index in [0.29, 0.717) is 0 Å². The van der Waals surface area contributed by atoms with Gasteiger partial charge in [0.05, 0.1) is 18.8 Å². The van der Waals surface area contributed by atoms with E-state index in [0.717, 1.165) is 23.2 Å². The van der Waals surface area contributed by atoms with E-state index in [1.807, 2.05) is 18.3 Å². The average molecular weight is 320 g/mol. The van der Waals surface area contributed by atoms with Gasteiger partial charge in [0.2, 0.25) is 0 Å². The third kappa shape index (κ3) is 2.18. The van der Waals surface area contributed by atoms with Crippen LogP contribution in [0.4, 0.5) is 10.5 Å². The number of nitrogens with zero attached hydrogens (tertiary/aromatic N) is 1. The fourth-order valence-electron chi connectivity index (χ4n) is 3.69. The highest BCUT2D eigenvalue weighted by Gasteiger charge is 2.36. The molecular weight excluding hydrogens is 300 g/mol. The van der Waals surface area contributed by atoms with Gasteiger partial charge in [-0.25, -0.2) is 4.79 Å². The molecule has 2 aromatic carbocycles. The molecule has 1 atom stereocenters. The van der Waals surface area contributed by atoms with Gasteiger partial charge in [-0.15, -0.1) is 0 Å². The Morgan fingerprint density at radius 3 is 2.71 bits per heavy atom. The third-order valence-corrected chi connectivity index (χ3v) is 4.82. The van der Waals surface area contributed by atoms with E-state index < -0.39 is 0 Å². The number of carbonyl (C=O) groups is 1. The van der Waals surface area contributed by atoms with Crippen LogP contribution in [-0.2, 0) is 11.2 Å². The molecule has 0 radical (unpaired) electrons. The number of aromatic amines is 1. The molecule has 122 valence electrons. The first-order valence-corrected chi connectivity index (χ1v) is 8.13. The van der Waals surface area contributed by atoms with Crippen molar-refractivity contribution in [3.8, 4) is 0 Å². The van der Waals surface area contributed by atoms with Gasteiger partial charge in [0.1, 0.15) is 0 Å². The number of hydrogen-bond donors (Lipinski definition) is 1. The van der Waals surface area contributed by atoms with Crippen molar-refractivity contribution in [1.82, 2.24) is 4.98 Å². The van der Waals surface area contributed by atoms with Gasteiger partial charge in [-0.2, -0.15) is 0 Å². The molecular formula is C20H20N2O2. The first-order chi connectivity index (χ1) is 11.6. The highest BCUT2D eigenvalue weighted by atomic mass is 16.5. The molecule has 4 heteroatoms. The van der Waals surface area contributed by atoms with Gasteiger partial charge in [-0.3, -0.25) is 4.90 Å². The molecule has 0 bridgehead atoms. The van der Waals surface area contributed by atoms with Gasteiger partial charge in [-0.1, -0.05) is 29.3 Å². The van der Waals surface area contributed by atoms with Gasteiger partial charge in [0, 0.05) is 22.7 Å². The van der Waals surface area contributed by atoms with Crippen molar-refractivity contribution in [3.63, 3.8) is 0 Å². The van der Waals surface area contributed by atoms with E-state index in [-0.39, 0.29) is 12.1 Å². The Labute approximate surface area is 141 Å². The van der Waals surface area contributed by atoms with E-state index in [9.17, 15) is 4.79 Å². The normalized spacial score (nSPS) is 16.5. The Kier molecular flexibility index (Phi) is 3.34. The number of anilines is 1. The van der Waals surface area contributed by atoms with E-state index in [1.54, 1.807) is 4.90 Å². The Morgan fingerprint density at radius 1 is 1.17 bits per heavy atom. The lowest BCUT2D eigenvalue weighted by Gasteiger charge is -2.24. The predicted molar refractivity (Wildman–Crippen MR) is 95.5 cm³/mol. The number of H-pyrrole nitrogens is 1. The summed E-state index contributed by atoms with van der Waals surface area (Å²) in [5.74, 6) is 0. The zero-order chi connectivity index (χ0) is 16.8. The maximum absolute atomic E-state index is 12.5. The predicted octanol–water partition coefficient (Wildman–Crippen LogP) is 4.65. The van der Waals surface area contributed by atoms with Crippen molar-refractivity contribution < 1.29 is 9.53 Å². The summed E-state index contributed by atoms with van der Waals surface area (Å²) >= 11 is 0. The number of aromatic nitrogens is 1. The summed E-state index contributed by atoms with van der Waals surface area (Å²) in [7, 11) is 1.44. The summed E-state index contributed by atoms with van der Waals surface area (Å²) in [5, 5.41) is 1.17. The smallest absolute Gasteiger partial charge is 0.414 e. The van der Waals surface area contributed by atoms with Gasteiger partial charge in [0.25, 0.3) is 0 Å². The number of methoxy groups -OCH3 is 1. The summed E-state index contributed by atoms with van der Waals surface area (Å²) in [5.41, 5.74) is 6.76. The van der Waals surface area contributed by atoms with Gasteiger partial charge in [0.15, 0.2) is 0 Å². The molecule has 4 nitrogen and oxygen atoms in total. The van der Waals surface area contributed by atoms with Crippen LogP contribution in [0.2, 0.25) is 0 Å². The fraction of sp³-hybridized carbons (Fsp3) is 0.250. The largest absolute Gasteiger partial charge is 0.452 e. The molecule has 1 aliphatic rings. The molecule has 0 saturated heterocycles. The van der Waals surface area contributed by atoms with Crippen LogP contribution in [0.1, 0.15) is 28.3 Å². The Morgan fingerprint density at radius 2 is 1.92 bits per heavy atom. The average Bonchev–Trinajstić information content (AvgIpc) is 3.14. The first-order valence-electron chi connectivity index (χ1n) is 8.13. The molecule has 24 heavy (non-hydrogen) atoms. The van der Waals surface area contributed by atoms with Crippen molar-refractivity contribution >= 4 is 22.7 Å². The lowest BCUT2D eigenvalue weighted by molar-refractivity contribution is 0.176. The minimum atomic E-state index is -0.315. The number of aryl methyl sites for hydroxylation is 2. The van der Waals surface area contributed by atoms with Crippen LogP contribution < -0.4 is 4.90 Å². The summed E-state index contributed by atoms with van der Waals surface area (Å²) in [6.07, 6.45) is 2.50. The number of carbonyl (C=O) groups excluding carboxylic acids is 1. The lowest BCUT2D eigenvalue weighted by atomic mass is 10.00. The van der Waals surface area contributed by atoms with Crippen molar-refractivity contribution in [2.45, 2.75) is 26.3 Å². The highest BCUT2D eigenvalue weighted by molar-refractivity contribution is 5.94. The number of ether oxygens (including phenoxy) is 1. The Bertz CT molecular complexity index is 942. The van der Waals surface area contributed by atoms with Crippen molar-refractivity contribution in [2.24, 2.45) is 0 Å². The molecule has 1 amide bonds. The topological polar surface area (TPSA) is 45.3 Å². The maximum atomic E-state index is 12.5. The Balaban J connectivity index is 1.87. The van der Waals surface area contributed by atoms with Crippen LogP contribution in [0.25, 0.3) is 10.9 Å². The molecule has 0 unspecified atom stereocenters. The summed E-state index contributed by atoms with van der Waals surface area (Å²) in [6, 6.07) is 12.5. The zero-order valence-electron chi connectivity index (χ0n) is 14.1. The van der Waals surface area contributed by atoms with Crippen LogP contribution in [0.5, 0.6) is 0 Å². The second-order valence-electron chi connectivity index (χ2n) is 6.49. The standard InChI is InChI=1S/C20H20N2O2/c1-12-5-7-18-14(8-12)10-19(22(18)20(23)24-3)16-11-21-17-6-4-13(2)9-15(16)17/h4-9,11,19,21H,10H2,1-3H3/t19-/m0/s1. The quantitative estimate of drug-likeness (QED) is 0.709. The summed E-state index contributed by atoms with van der Waals surface area (Å²) < 4.78 is 5.06. The van der Waals surface area contributed by atoms with Crippen LogP contribution in [0.3, 0.4) is 0 Å². The number of rotatable bonds is 1. The molecule has 0 spiro atoms. The molecule has 0 fully saturated rings. The van der Waals surface area contributed by atoms with E-state index in [2.05, 4.69) is 43.1 Å². The van der Waals surface area contributed by atoms with E-state index >= 15 is 0 Å².